The Labute approximate surface area is 284 Å². The molecule has 2 aromatic heterocycles. The molecule has 2 unspecified atom stereocenters. The van der Waals surface area contributed by atoms with Gasteiger partial charge in [0.1, 0.15) is 0 Å². The quantitative estimate of drug-likeness (QED) is 0.190. The van der Waals surface area contributed by atoms with Gasteiger partial charge in [0.05, 0.1) is 28.8 Å². The molecule has 49 heavy (non-hydrogen) atoms. The Morgan fingerprint density at radius 3 is 2.31 bits per heavy atom. The maximum absolute atomic E-state index is 10.1. The first kappa shape index (κ1) is 28.5. The Morgan fingerprint density at radius 2 is 1.47 bits per heavy atom. The third kappa shape index (κ3) is 4.27. The zero-order valence-corrected chi connectivity index (χ0v) is 26.8. The van der Waals surface area contributed by atoms with Crippen LogP contribution in [0.4, 0.5) is 0 Å². The molecule has 6 heteroatoms. The second-order valence-corrected chi connectivity index (χ2v) is 13.4. The molecule has 5 aromatic carbocycles. The monoisotopic (exact) mass is 636 g/mol. The summed E-state index contributed by atoms with van der Waals surface area (Å²) in [5.41, 5.74) is 12.8. The van der Waals surface area contributed by atoms with E-state index in [1.54, 1.807) is 0 Å². The highest BCUT2D eigenvalue weighted by atomic mass is 16.5. The van der Waals surface area contributed by atoms with E-state index in [9.17, 15) is 10.0 Å². The summed E-state index contributed by atoms with van der Waals surface area (Å²) in [6, 6.07) is 39.3. The average Bonchev–Trinajstić information content (AvgIpc) is 3.66. The second-order valence-electron chi connectivity index (χ2n) is 13.4. The maximum atomic E-state index is 10.1. The predicted molar refractivity (Wildman–Crippen MR) is 200 cm³/mol. The molecule has 2 atom stereocenters. The largest absolute Gasteiger partial charge is 0.490 e. The molecule has 10 rings (SSSR count). The Kier molecular flexibility index (Phi) is 6.38. The second kappa shape index (κ2) is 11.0. The van der Waals surface area contributed by atoms with Crippen molar-refractivity contribution in [2.24, 2.45) is 5.92 Å². The van der Waals surface area contributed by atoms with Crippen molar-refractivity contribution in [3.63, 3.8) is 0 Å². The van der Waals surface area contributed by atoms with Crippen molar-refractivity contribution in [2.75, 3.05) is 6.61 Å². The van der Waals surface area contributed by atoms with E-state index in [0.717, 1.165) is 46.6 Å². The van der Waals surface area contributed by atoms with Crippen molar-refractivity contribution in [3.8, 4) is 28.3 Å². The normalized spacial score (nSPS) is 17.9. The van der Waals surface area contributed by atoms with E-state index in [-0.39, 0.29) is 5.92 Å². The first-order chi connectivity index (χ1) is 24.2. The van der Waals surface area contributed by atoms with Gasteiger partial charge >= 0.3 is 7.12 Å². The van der Waals surface area contributed by atoms with Crippen molar-refractivity contribution in [1.82, 2.24) is 9.13 Å². The van der Waals surface area contributed by atoms with E-state index < -0.39 is 12.9 Å². The molecule has 3 heterocycles. The van der Waals surface area contributed by atoms with E-state index in [4.69, 9.17) is 4.74 Å². The van der Waals surface area contributed by atoms with Gasteiger partial charge in [0.25, 0.3) is 0 Å². The molecule has 2 N–H and O–H groups in total. The van der Waals surface area contributed by atoms with E-state index in [0.29, 0.717) is 6.61 Å². The van der Waals surface area contributed by atoms with Gasteiger partial charge in [-0.2, -0.15) is 0 Å². The molecule has 0 saturated heterocycles. The molecule has 3 aliphatic rings. The summed E-state index contributed by atoms with van der Waals surface area (Å²) in [5, 5.41) is 23.9. The van der Waals surface area contributed by atoms with Crippen molar-refractivity contribution in [3.05, 3.63) is 150 Å². The number of hydrogen-bond donors (Lipinski definition) is 2. The molecule has 1 aliphatic heterocycles. The number of rotatable bonds is 4. The minimum Gasteiger partial charge on any atom is -0.490 e. The smallest absolute Gasteiger partial charge is 0.459 e. The lowest BCUT2D eigenvalue weighted by Crippen LogP contribution is -2.33. The molecular weight excluding hydrogens is 603 g/mol. The summed E-state index contributed by atoms with van der Waals surface area (Å²) in [6.45, 7) is 0.400. The van der Waals surface area contributed by atoms with Crippen LogP contribution < -0.4 is 4.74 Å². The Bertz CT molecular complexity index is 2550. The van der Waals surface area contributed by atoms with Gasteiger partial charge in [-0.1, -0.05) is 91.0 Å². The van der Waals surface area contributed by atoms with Crippen LogP contribution in [0.2, 0.25) is 5.82 Å². The first-order valence-corrected chi connectivity index (χ1v) is 17.1. The number of aromatic nitrogens is 2. The van der Waals surface area contributed by atoms with E-state index in [2.05, 4.69) is 137 Å². The van der Waals surface area contributed by atoms with Gasteiger partial charge in [-0.25, -0.2) is 0 Å². The Hall–Kier alpha value is -5.56. The summed E-state index contributed by atoms with van der Waals surface area (Å²) in [6.07, 6.45) is 12.4. The number of nitrogens with zero attached hydrogens (tertiary/aromatic N) is 2. The fourth-order valence-electron chi connectivity index (χ4n) is 8.49. The minimum atomic E-state index is -1.43. The summed E-state index contributed by atoms with van der Waals surface area (Å²) < 4.78 is 11.3. The number of hydrogen-bond acceptors (Lipinski definition) is 3. The number of benzene rings is 5. The molecule has 0 spiro atoms. The number of allylic oxidation sites excluding steroid dienone is 4. The maximum Gasteiger partial charge on any atom is 0.459 e. The SMILES string of the molecule is OB(O)C1C=CC=C2c3cccc(-n4c5c(c6cc(-c7ccc8c(c7)c7ccccc7n8-c7ccccc7)ccc64)C=CCC5)c3OCC21. The highest BCUT2D eigenvalue weighted by Gasteiger charge is 2.39. The highest BCUT2D eigenvalue weighted by Crippen LogP contribution is 2.48. The van der Waals surface area contributed by atoms with Crippen LogP contribution >= 0.6 is 0 Å². The van der Waals surface area contributed by atoms with Gasteiger partial charge in [-0.05, 0) is 78.1 Å². The number of ether oxygens (including phenoxy) is 1. The van der Waals surface area contributed by atoms with Crippen LogP contribution in [-0.2, 0) is 6.42 Å². The molecule has 7 aromatic rings. The van der Waals surface area contributed by atoms with Gasteiger partial charge < -0.3 is 23.9 Å². The fraction of sp³-hybridized carbons (Fsp3) is 0.116. The summed E-state index contributed by atoms with van der Waals surface area (Å²) >= 11 is 0. The summed E-state index contributed by atoms with van der Waals surface area (Å²) in [4.78, 5) is 0. The summed E-state index contributed by atoms with van der Waals surface area (Å²) in [5.74, 6) is 0.354. The van der Waals surface area contributed by atoms with Crippen LogP contribution in [0.1, 0.15) is 23.2 Å². The molecule has 0 bridgehead atoms. The molecule has 2 aliphatic carbocycles. The van der Waals surface area contributed by atoms with Crippen molar-refractivity contribution >= 4 is 51.5 Å². The topological polar surface area (TPSA) is 59.5 Å². The molecule has 0 amide bonds. The summed E-state index contributed by atoms with van der Waals surface area (Å²) in [7, 11) is -1.43. The molecule has 0 radical (unpaired) electrons. The standard InChI is InChI=1S/C43H33BN2O3/c47-44(48)37-16-8-14-30-33-15-9-19-42(43(33)49-26-36(30)37)46-39-18-7-5-13-32(39)35-25-28(21-23-41(35)46)27-20-22-40-34(24-27)31-12-4-6-17-38(31)45(40)29-10-2-1-3-11-29/h1-6,8-17,19-25,36-37,47-48H,7,18,26H2. The molecule has 0 saturated carbocycles. The molecule has 236 valence electrons. The van der Waals surface area contributed by atoms with E-state index in [1.165, 1.54) is 49.6 Å². The number of fused-ring (bicyclic) bond motifs is 9. The third-order valence-electron chi connectivity index (χ3n) is 10.7. The van der Waals surface area contributed by atoms with Crippen LogP contribution in [0.25, 0.3) is 66.9 Å². The van der Waals surface area contributed by atoms with Gasteiger partial charge in [-0.3, -0.25) is 0 Å². The lowest BCUT2D eigenvalue weighted by Gasteiger charge is -2.35. The van der Waals surface area contributed by atoms with Crippen molar-refractivity contribution < 1.29 is 14.8 Å². The molecular formula is C43H33BN2O3. The Balaban J connectivity index is 1.13. The molecule has 5 nitrogen and oxygen atoms in total. The first-order valence-electron chi connectivity index (χ1n) is 17.1. The van der Waals surface area contributed by atoms with Gasteiger partial charge in [-0.15, -0.1) is 0 Å². The van der Waals surface area contributed by atoms with Gasteiger partial charge in [0.15, 0.2) is 5.75 Å². The zero-order chi connectivity index (χ0) is 32.6. The van der Waals surface area contributed by atoms with Crippen LogP contribution in [0, 0.1) is 5.92 Å². The third-order valence-corrected chi connectivity index (χ3v) is 10.7. The lowest BCUT2D eigenvalue weighted by molar-refractivity contribution is 0.254. The van der Waals surface area contributed by atoms with E-state index in [1.807, 2.05) is 12.2 Å². The minimum absolute atomic E-state index is 0.104. The van der Waals surface area contributed by atoms with Crippen molar-refractivity contribution in [1.29, 1.82) is 0 Å². The Morgan fingerprint density at radius 1 is 0.714 bits per heavy atom. The van der Waals surface area contributed by atoms with E-state index >= 15 is 0 Å². The highest BCUT2D eigenvalue weighted by molar-refractivity contribution is 6.44. The fourth-order valence-corrected chi connectivity index (χ4v) is 8.49. The lowest BCUT2D eigenvalue weighted by atomic mass is 9.61. The zero-order valence-electron chi connectivity index (χ0n) is 26.8. The van der Waals surface area contributed by atoms with Gasteiger partial charge in [0, 0.05) is 50.4 Å². The average molecular weight is 637 g/mol. The van der Waals surface area contributed by atoms with Crippen molar-refractivity contribution in [2.45, 2.75) is 18.7 Å². The van der Waals surface area contributed by atoms with Gasteiger partial charge in [0.2, 0.25) is 0 Å². The van der Waals surface area contributed by atoms with Crippen LogP contribution in [0.15, 0.2) is 133 Å². The number of para-hydroxylation sites is 3. The predicted octanol–water partition coefficient (Wildman–Crippen LogP) is 9.16. The molecule has 0 fully saturated rings. The van der Waals surface area contributed by atoms with Crippen LogP contribution in [0.3, 0.4) is 0 Å². The van der Waals surface area contributed by atoms with Crippen LogP contribution in [0.5, 0.6) is 5.75 Å². The van der Waals surface area contributed by atoms with Crippen LogP contribution in [-0.4, -0.2) is 32.9 Å².